The minimum atomic E-state index is 0.105. The lowest BCUT2D eigenvalue weighted by Gasteiger charge is -2.05. The summed E-state index contributed by atoms with van der Waals surface area (Å²) < 4.78 is 1.05. The van der Waals surface area contributed by atoms with Gasteiger partial charge in [-0.05, 0) is 49.2 Å². The number of aromatic amines is 1. The van der Waals surface area contributed by atoms with E-state index >= 15 is 0 Å². The molecule has 0 aliphatic carbocycles. The molecule has 19 heavy (non-hydrogen) atoms. The molecule has 0 radical (unpaired) electrons. The number of hydrogen-bond acceptors (Lipinski definition) is 6. The van der Waals surface area contributed by atoms with Gasteiger partial charge in [0.15, 0.2) is 0 Å². The van der Waals surface area contributed by atoms with Crippen molar-refractivity contribution < 1.29 is 5.11 Å². The van der Waals surface area contributed by atoms with E-state index in [0.717, 1.165) is 0 Å². The number of halogens is 2. The zero-order valence-corrected chi connectivity index (χ0v) is 12.4. The molecule has 0 aliphatic heterocycles. The zero-order chi connectivity index (χ0) is 13.8. The van der Waals surface area contributed by atoms with Crippen LogP contribution >= 0.6 is 31.9 Å². The van der Waals surface area contributed by atoms with E-state index in [4.69, 9.17) is 5.26 Å². The van der Waals surface area contributed by atoms with Crippen LogP contribution in [0.2, 0.25) is 0 Å². The quantitative estimate of drug-likeness (QED) is 0.552. The number of allylic oxidation sites excluding steroid dienone is 1. The van der Waals surface area contributed by atoms with Crippen LogP contribution in [0.1, 0.15) is 5.82 Å². The van der Waals surface area contributed by atoms with Gasteiger partial charge in [-0.3, -0.25) is 0 Å². The predicted molar refractivity (Wildman–Crippen MR) is 74.9 cm³/mol. The Morgan fingerprint density at radius 3 is 2.63 bits per heavy atom. The zero-order valence-electron chi connectivity index (χ0n) is 9.22. The number of aromatic hydroxyl groups is 1. The number of phenols is 1. The number of rotatable bonds is 3. The average molecular weight is 386 g/mol. The summed E-state index contributed by atoms with van der Waals surface area (Å²) in [4.78, 5) is 0. The number of tetrazole rings is 1. The molecule has 2 aromatic rings. The van der Waals surface area contributed by atoms with Gasteiger partial charge in [0, 0.05) is 11.9 Å². The van der Waals surface area contributed by atoms with E-state index in [9.17, 15) is 5.11 Å². The molecular weight excluding hydrogens is 380 g/mol. The lowest BCUT2D eigenvalue weighted by atomic mass is 10.3. The first-order valence-electron chi connectivity index (χ1n) is 4.90. The highest BCUT2D eigenvalue weighted by Crippen LogP contribution is 2.35. The second-order valence-corrected chi connectivity index (χ2v) is 5.05. The Bertz CT molecular complexity index is 638. The van der Waals surface area contributed by atoms with E-state index in [1.54, 1.807) is 12.1 Å². The van der Waals surface area contributed by atoms with E-state index in [1.165, 1.54) is 6.20 Å². The van der Waals surface area contributed by atoms with Crippen LogP contribution in [0, 0.1) is 11.3 Å². The van der Waals surface area contributed by atoms with E-state index in [-0.39, 0.29) is 17.1 Å². The first-order valence-corrected chi connectivity index (χ1v) is 6.49. The smallest absolute Gasteiger partial charge is 0.216 e. The van der Waals surface area contributed by atoms with Crippen LogP contribution in [-0.2, 0) is 0 Å². The molecule has 2 rings (SSSR count). The highest BCUT2D eigenvalue weighted by Gasteiger charge is 2.07. The number of nitriles is 1. The summed E-state index contributed by atoms with van der Waals surface area (Å²) >= 11 is 6.43. The van der Waals surface area contributed by atoms with Gasteiger partial charge in [0.2, 0.25) is 5.82 Å². The number of hydrogen-bond donors (Lipinski definition) is 3. The third kappa shape index (κ3) is 3.10. The molecule has 0 saturated carbocycles. The van der Waals surface area contributed by atoms with E-state index in [1.807, 2.05) is 6.07 Å². The summed E-state index contributed by atoms with van der Waals surface area (Å²) in [6.07, 6.45) is 1.45. The average Bonchev–Trinajstić information content (AvgIpc) is 2.90. The van der Waals surface area contributed by atoms with Crippen LogP contribution in [-0.4, -0.2) is 25.7 Å². The topological polar surface area (TPSA) is 111 Å². The molecule has 0 aliphatic rings. The predicted octanol–water partition coefficient (Wildman–Crippen LogP) is 2.41. The van der Waals surface area contributed by atoms with Gasteiger partial charge in [0.05, 0.1) is 8.95 Å². The fraction of sp³-hybridized carbons (Fsp3) is 0. The fourth-order valence-electron chi connectivity index (χ4n) is 1.23. The molecule has 9 heteroatoms. The van der Waals surface area contributed by atoms with Gasteiger partial charge in [-0.1, -0.05) is 0 Å². The van der Waals surface area contributed by atoms with Crippen LogP contribution in [0.3, 0.4) is 0 Å². The largest absolute Gasteiger partial charge is 0.506 e. The number of benzene rings is 1. The number of H-pyrrole nitrogens is 1. The maximum Gasteiger partial charge on any atom is 0.216 e. The SMILES string of the molecule is N#CC(=CNc1cc(Br)c(O)c(Br)c1)c1nn[nH]n1. The Hall–Kier alpha value is -1.92. The van der Waals surface area contributed by atoms with Gasteiger partial charge in [-0.15, -0.1) is 10.2 Å². The second-order valence-electron chi connectivity index (χ2n) is 3.34. The minimum Gasteiger partial charge on any atom is -0.506 e. The molecule has 0 unspecified atom stereocenters. The maximum atomic E-state index is 9.58. The molecule has 7 nitrogen and oxygen atoms in total. The highest BCUT2D eigenvalue weighted by molar-refractivity contribution is 9.11. The molecule has 0 atom stereocenters. The highest BCUT2D eigenvalue weighted by atomic mass is 79.9. The number of anilines is 1. The number of phenolic OH excluding ortho intramolecular Hbond substituents is 1. The molecule has 1 aromatic carbocycles. The molecule has 0 amide bonds. The fourth-order valence-corrected chi connectivity index (χ4v) is 2.41. The summed E-state index contributed by atoms with van der Waals surface area (Å²) in [6, 6.07) is 5.29. The summed E-state index contributed by atoms with van der Waals surface area (Å²) in [5, 5.41) is 34.6. The molecule has 96 valence electrons. The van der Waals surface area contributed by atoms with Gasteiger partial charge in [-0.25, -0.2) is 0 Å². The normalized spacial score (nSPS) is 11.1. The van der Waals surface area contributed by atoms with E-state index < -0.39 is 0 Å². The Balaban J connectivity index is 2.25. The number of aromatic nitrogens is 4. The van der Waals surface area contributed by atoms with E-state index in [0.29, 0.717) is 14.6 Å². The van der Waals surface area contributed by atoms with Crippen molar-refractivity contribution in [3.8, 4) is 11.8 Å². The van der Waals surface area contributed by atoms with Crippen molar-refractivity contribution in [2.24, 2.45) is 0 Å². The standard InChI is InChI=1S/C10H6Br2N6O/c11-7-1-6(2-8(12)9(7)19)14-4-5(3-13)10-15-17-18-16-10/h1-2,4,14,19H,(H,15,16,17,18). The Kier molecular flexibility index (Phi) is 4.13. The molecule has 1 aromatic heterocycles. The lowest BCUT2D eigenvalue weighted by Crippen LogP contribution is -1.93. The molecule has 0 fully saturated rings. The van der Waals surface area contributed by atoms with Crippen LogP contribution in [0.25, 0.3) is 5.57 Å². The van der Waals surface area contributed by atoms with Gasteiger partial charge in [0.1, 0.15) is 17.4 Å². The van der Waals surface area contributed by atoms with Crippen molar-refractivity contribution >= 4 is 43.1 Å². The van der Waals surface area contributed by atoms with Crippen LogP contribution < -0.4 is 5.32 Å². The first-order chi connectivity index (χ1) is 9.11. The van der Waals surface area contributed by atoms with Gasteiger partial charge in [0.25, 0.3) is 0 Å². The summed E-state index contributed by atoms with van der Waals surface area (Å²) in [5.41, 5.74) is 0.905. The first kappa shape index (κ1) is 13.5. The molecule has 0 spiro atoms. The molecule has 3 N–H and O–H groups in total. The van der Waals surface area contributed by atoms with Crippen LogP contribution in [0.5, 0.6) is 5.75 Å². The van der Waals surface area contributed by atoms with E-state index in [2.05, 4.69) is 57.8 Å². The minimum absolute atomic E-state index is 0.105. The second kappa shape index (κ2) is 5.81. The van der Waals surface area contributed by atoms with Gasteiger partial charge >= 0.3 is 0 Å². The third-order valence-electron chi connectivity index (χ3n) is 2.11. The maximum absolute atomic E-state index is 9.58. The van der Waals surface area contributed by atoms with Crippen LogP contribution in [0.4, 0.5) is 5.69 Å². The van der Waals surface area contributed by atoms with Crippen molar-refractivity contribution in [3.05, 3.63) is 33.1 Å². The van der Waals surface area contributed by atoms with Crippen molar-refractivity contribution in [2.45, 2.75) is 0 Å². The monoisotopic (exact) mass is 384 g/mol. The van der Waals surface area contributed by atoms with Crippen molar-refractivity contribution in [1.82, 2.24) is 20.6 Å². The molecule has 0 saturated heterocycles. The Morgan fingerprint density at radius 2 is 2.11 bits per heavy atom. The van der Waals surface area contributed by atoms with Crippen molar-refractivity contribution in [3.63, 3.8) is 0 Å². The Morgan fingerprint density at radius 1 is 1.42 bits per heavy atom. The molecular formula is C10H6Br2N6O. The summed E-state index contributed by atoms with van der Waals surface area (Å²) in [5.74, 6) is 0.306. The molecule has 1 heterocycles. The third-order valence-corrected chi connectivity index (χ3v) is 3.32. The number of nitrogens with zero attached hydrogens (tertiary/aromatic N) is 4. The van der Waals surface area contributed by atoms with Crippen molar-refractivity contribution in [2.75, 3.05) is 5.32 Å². The van der Waals surface area contributed by atoms with Gasteiger partial charge < -0.3 is 10.4 Å². The Labute approximate surface area is 124 Å². The van der Waals surface area contributed by atoms with Crippen molar-refractivity contribution in [1.29, 1.82) is 5.26 Å². The molecule has 0 bridgehead atoms. The summed E-state index contributed by atoms with van der Waals surface area (Å²) in [6.45, 7) is 0. The van der Waals surface area contributed by atoms with Crippen LogP contribution in [0.15, 0.2) is 27.3 Å². The number of nitrogens with one attached hydrogen (secondary N) is 2. The summed E-state index contributed by atoms with van der Waals surface area (Å²) in [7, 11) is 0. The lowest BCUT2D eigenvalue weighted by molar-refractivity contribution is 0.468. The van der Waals surface area contributed by atoms with Gasteiger partial charge in [-0.2, -0.15) is 10.5 Å².